The average molecular weight is 512 g/mol. The third kappa shape index (κ3) is 5.16. The molecule has 9 nitrogen and oxygen atoms in total. The molecular formula is C25H26FN5O4S. The summed E-state index contributed by atoms with van der Waals surface area (Å²) in [5.74, 6) is -1.00. The van der Waals surface area contributed by atoms with Crippen molar-refractivity contribution < 1.29 is 22.9 Å². The van der Waals surface area contributed by atoms with Gasteiger partial charge in [-0.25, -0.2) is 23.5 Å². The Morgan fingerprint density at radius 3 is 2.72 bits per heavy atom. The number of furan rings is 1. The van der Waals surface area contributed by atoms with Gasteiger partial charge in [0, 0.05) is 17.3 Å². The monoisotopic (exact) mass is 511 g/mol. The van der Waals surface area contributed by atoms with Gasteiger partial charge in [0.15, 0.2) is 9.92 Å². The first-order chi connectivity index (χ1) is 16.9. The van der Waals surface area contributed by atoms with Gasteiger partial charge in [-0.15, -0.1) is 0 Å². The van der Waals surface area contributed by atoms with Crippen molar-refractivity contribution >= 4 is 21.5 Å². The summed E-state index contributed by atoms with van der Waals surface area (Å²) in [6, 6.07) is 7.64. The van der Waals surface area contributed by atoms with Gasteiger partial charge in [-0.3, -0.25) is 4.79 Å². The van der Waals surface area contributed by atoms with Crippen molar-refractivity contribution in [3.63, 3.8) is 0 Å². The zero-order valence-electron chi connectivity index (χ0n) is 19.8. The molecule has 2 aromatic heterocycles. The molecule has 4 rings (SSSR count). The number of halogens is 1. The maximum Gasteiger partial charge on any atom is 0.260 e. The van der Waals surface area contributed by atoms with E-state index in [-0.39, 0.29) is 16.8 Å². The summed E-state index contributed by atoms with van der Waals surface area (Å²) in [6.45, 7) is 2.82. The van der Waals surface area contributed by atoms with E-state index >= 15 is 0 Å². The van der Waals surface area contributed by atoms with E-state index in [1.807, 2.05) is 6.07 Å². The first kappa shape index (κ1) is 25.5. The Labute approximate surface area is 208 Å². The van der Waals surface area contributed by atoms with Crippen LogP contribution in [0.25, 0.3) is 11.1 Å². The molecule has 1 amide bonds. The van der Waals surface area contributed by atoms with Gasteiger partial charge in [0.05, 0.1) is 17.6 Å². The molecule has 1 atom stereocenters. The van der Waals surface area contributed by atoms with Crippen LogP contribution in [0, 0.1) is 27.8 Å². The van der Waals surface area contributed by atoms with Crippen LogP contribution in [0.2, 0.25) is 0 Å². The third-order valence-electron chi connectivity index (χ3n) is 6.26. The van der Waals surface area contributed by atoms with Gasteiger partial charge in [0.2, 0.25) is 5.09 Å². The van der Waals surface area contributed by atoms with Crippen molar-refractivity contribution in [3.8, 4) is 17.2 Å². The lowest BCUT2D eigenvalue weighted by Crippen LogP contribution is -2.25. The van der Waals surface area contributed by atoms with Gasteiger partial charge in [-0.05, 0) is 61.6 Å². The second-order valence-corrected chi connectivity index (χ2v) is 11.0. The highest BCUT2D eigenvalue weighted by atomic mass is 32.2. The van der Waals surface area contributed by atoms with Crippen molar-refractivity contribution in [2.24, 2.45) is 11.1 Å². The van der Waals surface area contributed by atoms with Crippen LogP contribution in [-0.2, 0) is 21.9 Å². The SMILES string of the molecule is CC(C)(O)c1coc(S(=N)(N)=O)c1C(=O)Nc1c(CC2CCC2)cc(F)cc1-c1ccnc(C#N)c1. The van der Waals surface area contributed by atoms with Crippen LogP contribution < -0.4 is 10.5 Å². The summed E-state index contributed by atoms with van der Waals surface area (Å²) < 4.78 is 40.2. The summed E-state index contributed by atoms with van der Waals surface area (Å²) in [7, 11) is -3.96. The number of aromatic nitrogens is 1. The first-order valence-corrected chi connectivity index (χ1v) is 12.9. The number of nitrogens with two attached hydrogens (primary N) is 1. The van der Waals surface area contributed by atoms with Crippen molar-refractivity contribution in [1.29, 1.82) is 10.0 Å². The standard InChI is InChI=1S/C25H26FN5O4S/c1-25(2,33)20-13-35-24(36(28,29)34)21(20)23(32)31-22-16(8-14-4-3-5-14)9-17(26)11-19(22)15-6-7-30-18(10-15)12-27/h6-7,9-11,13-14,33H,3-5,8H2,1-2H3,(H,31,32)(H3,28,29,34). The van der Waals surface area contributed by atoms with Crippen molar-refractivity contribution in [2.75, 3.05) is 5.32 Å². The minimum atomic E-state index is -3.96. The molecule has 1 unspecified atom stereocenters. The van der Waals surface area contributed by atoms with Gasteiger partial charge in [0.1, 0.15) is 23.1 Å². The smallest absolute Gasteiger partial charge is 0.260 e. The molecule has 11 heteroatoms. The number of hydrogen-bond donors (Lipinski definition) is 4. The lowest BCUT2D eigenvalue weighted by atomic mass is 9.80. The molecular weight excluding hydrogens is 485 g/mol. The molecule has 0 spiro atoms. The Morgan fingerprint density at radius 1 is 1.42 bits per heavy atom. The van der Waals surface area contributed by atoms with E-state index in [4.69, 9.17) is 14.3 Å². The lowest BCUT2D eigenvalue weighted by molar-refractivity contribution is 0.0754. The maximum atomic E-state index is 14.8. The highest BCUT2D eigenvalue weighted by Crippen LogP contribution is 2.39. The normalized spacial score (nSPS) is 15.6. The Bertz CT molecular complexity index is 1480. The number of anilines is 1. The van der Waals surface area contributed by atoms with Crippen LogP contribution in [0.1, 0.15) is 60.3 Å². The quantitative estimate of drug-likeness (QED) is 0.365. The summed E-state index contributed by atoms with van der Waals surface area (Å²) >= 11 is 0. The fourth-order valence-corrected chi connectivity index (χ4v) is 4.97. The third-order valence-corrected chi connectivity index (χ3v) is 7.11. The van der Waals surface area contributed by atoms with E-state index < -0.39 is 32.3 Å². The second kappa shape index (κ2) is 9.46. The highest BCUT2D eigenvalue weighted by molar-refractivity contribution is 7.90. The van der Waals surface area contributed by atoms with E-state index in [2.05, 4.69) is 10.3 Å². The molecule has 0 saturated heterocycles. The molecule has 1 saturated carbocycles. The highest BCUT2D eigenvalue weighted by Gasteiger charge is 2.33. The van der Waals surface area contributed by atoms with E-state index in [9.17, 15) is 23.8 Å². The van der Waals surface area contributed by atoms with Gasteiger partial charge in [-0.2, -0.15) is 5.26 Å². The molecule has 3 aromatic rings. The second-order valence-electron chi connectivity index (χ2n) is 9.46. The Morgan fingerprint density at radius 2 is 2.14 bits per heavy atom. The molecule has 36 heavy (non-hydrogen) atoms. The minimum absolute atomic E-state index is 0.000285. The molecule has 0 bridgehead atoms. The number of benzene rings is 1. The van der Waals surface area contributed by atoms with E-state index in [1.54, 1.807) is 6.07 Å². The fraction of sp³-hybridized carbons (Fsp3) is 0.320. The van der Waals surface area contributed by atoms with Gasteiger partial charge < -0.3 is 14.8 Å². The number of pyridine rings is 1. The van der Waals surface area contributed by atoms with E-state index in [0.717, 1.165) is 25.5 Å². The molecule has 5 N–H and O–H groups in total. The predicted molar refractivity (Wildman–Crippen MR) is 131 cm³/mol. The molecule has 1 fully saturated rings. The van der Waals surface area contributed by atoms with E-state index in [1.165, 1.54) is 38.2 Å². The van der Waals surface area contributed by atoms with Gasteiger partial charge >= 0.3 is 0 Å². The zero-order valence-corrected chi connectivity index (χ0v) is 20.6. The van der Waals surface area contributed by atoms with Crippen LogP contribution in [0.15, 0.2) is 46.2 Å². The van der Waals surface area contributed by atoms with Crippen LogP contribution >= 0.6 is 0 Å². The lowest BCUT2D eigenvalue weighted by Gasteiger charge is -2.27. The van der Waals surface area contributed by atoms with Gasteiger partial charge in [-0.1, -0.05) is 19.3 Å². The molecule has 1 aliphatic carbocycles. The fourth-order valence-electron chi connectivity index (χ4n) is 4.27. The Hall–Kier alpha value is -3.59. The minimum Gasteiger partial charge on any atom is -0.452 e. The number of hydrogen-bond acceptors (Lipinski definition) is 7. The number of nitrogens with one attached hydrogen (secondary N) is 2. The van der Waals surface area contributed by atoms with Crippen molar-refractivity contribution in [3.05, 3.63) is 64.9 Å². The Kier molecular flexibility index (Phi) is 6.70. The van der Waals surface area contributed by atoms with Gasteiger partial charge in [0.25, 0.3) is 5.91 Å². The number of rotatable bonds is 7. The van der Waals surface area contributed by atoms with Crippen LogP contribution in [0.5, 0.6) is 0 Å². The number of amides is 1. The summed E-state index contributed by atoms with van der Waals surface area (Å²) in [5.41, 5.74) is -0.143. The van der Waals surface area contributed by atoms with Crippen molar-refractivity contribution in [2.45, 2.75) is 50.2 Å². The number of nitrogens with zero attached hydrogens (tertiary/aromatic N) is 2. The first-order valence-electron chi connectivity index (χ1n) is 11.3. The van der Waals surface area contributed by atoms with Crippen LogP contribution in [-0.4, -0.2) is 20.2 Å². The largest absolute Gasteiger partial charge is 0.452 e. The molecule has 0 aliphatic heterocycles. The average Bonchev–Trinajstić information content (AvgIpc) is 3.24. The number of carbonyl (C=O) groups is 1. The summed E-state index contributed by atoms with van der Waals surface area (Å²) in [5, 5.41) is 27.6. The van der Waals surface area contributed by atoms with Crippen LogP contribution in [0.3, 0.4) is 0 Å². The molecule has 1 aromatic carbocycles. The molecule has 1 aliphatic rings. The van der Waals surface area contributed by atoms with Crippen molar-refractivity contribution in [1.82, 2.24) is 4.98 Å². The molecule has 0 radical (unpaired) electrons. The predicted octanol–water partition coefficient (Wildman–Crippen LogP) is 4.45. The number of nitriles is 1. The van der Waals surface area contributed by atoms with E-state index in [0.29, 0.717) is 34.7 Å². The molecule has 2 heterocycles. The van der Waals surface area contributed by atoms with Crippen LogP contribution in [0.4, 0.5) is 10.1 Å². The number of carbonyl (C=O) groups excluding carboxylic acids is 1. The zero-order chi connectivity index (χ0) is 26.3. The number of aliphatic hydroxyl groups is 1. The summed E-state index contributed by atoms with van der Waals surface area (Å²) in [4.78, 5) is 17.6. The Balaban J connectivity index is 1.88. The maximum absolute atomic E-state index is 14.8. The summed E-state index contributed by atoms with van der Waals surface area (Å²) in [6.07, 6.45) is 6.02. The topological polar surface area (TPSA) is 166 Å². The molecule has 188 valence electrons.